The second-order valence-electron chi connectivity index (χ2n) is 4.53. The third kappa shape index (κ3) is 7.09. The third-order valence-corrected chi connectivity index (χ3v) is 2.77. The fourth-order valence-corrected chi connectivity index (χ4v) is 1.75. The molecule has 0 saturated carbocycles. The molecule has 116 valence electrons. The quantitative estimate of drug-likeness (QED) is 0.439. The zero-order valence-corrected chi connectivity index (χ0v) is 11.9. The molecule has 8 heteroatoms. The molecule has 0 radical (unpaired) electrons. The average Bonchev–Trinajstić information content (AvgIpc) is 2.41. The highest BCUT2D eigenvalue weighted by Gasteiger charge is 2.05. The van der Waals surface area contributed by atoms with E-state index in [4.69, 9.17) is 0 Å². The van der Waals surface area contributed by atoms with Crippen LogP contribution in [-0.2, 0) is 20.7 Å². The molecule has 0 spiro atoms. The lowest BCUT2D eigenvalue weighted by atomic mass is 10.2. The molecule has 0 aliphatic rings. The number of carbonyl (C=O) groups is 2. The number of aromatic nitrogens is 2. The van der Waals surface area contributed by atoms with Gasteiger partial charge in [0.2, 0.25) is 5.91 Å². The number of carbonyl (C=O) groups excluding carboxylic acids is 2. The molecule has 0 aromatic carbocycles. The van der Waals surface area contributed by atoms with Crippen LogP contribution in [0.3, 0.4) is 0 Å². The first-order valence-corrected chi connectivity index (χ1v) is 6.67. The fourth-order valence-electron chi connectivity index (χ4n) is 1.75. The molecule has 0 saturated heterocycles. The van der Waals surface area contributed by atoms with Gasteiger partial charge in [-0.1, -0.05) is 6.42 Å². The Bertz CT molecular complexity index is 562. The van der Waals surface area contributed by atoms with E-state index >= 15 is 0 Å². The summed E-state index contributed by atoms with van der Waals surface area (Å²) in [7, 11) is 1.35. The summed E-state index contributed by atoms with van der Waals surface area (Å²) < 4.78 is 4.51. The van der Waals surface area contributed by atoms with Gasteiger partial charge in [-0.25, -0.2) is 4.79 Å². The van der Waals surface area contributed by atoms with Crippen molar-refractivity contribution in [2.24, 2.45) is 0 Å². The van der Waals surface area contributed by atoms with Crippen LogP contribution in [0.15, 0.2) is 15.7 Å². The fraction of sp³-hybridized carbons (Fsp3) is 0.538. The molecule has 0 unspecified atom stereocenters. The Kier molecular flexibility index (Phi) is 6.93. The Balaban J connectivity index is 2.21. The predicted octanol–water partition coefficient (Wildman–Crippen LogP) is -0.545. The van der Waals surface area contributed by atoms with Crippen molar-refractivity contribution in [3.05, 3.63) is 32.6 Å². The maximum absolute atomic E-state index is 11.6. The highest BCUT2D eigenvalue weighted by molar-refractivity contribution is 5.77. The number of nitrogens with one attached hydrogen (secondary N) is 3. The molecule has 0 atom stereocenters. The van der Waals surface area contributed by atoms with E-state index in [1.807, 2.05) is 4.98 Å². The summed E-state index contributed by atoms with van der Waals surface area (Å²) in [5, 5.41) is 2.68. The maximum Gasteiger partial charge on any atom is 0.325 e. The van der Waals surface area contributed by atoms with Crippen LogP contribution in [0.4, 0.5) is 0 Å². The summed E-state index contributed by atoms with van der Waals surface area (Å²) in [6, 6.07) is 1.18. The van der Waals surface area contributed by atoms with Crippen LogP contribution in [0.1, 0.15) is 31.4 Å². The maximum atomic E-state index is 11.6. The van der Waals surface area contributed by atoms with Gasteiger partial charge in [-0.15, -0.1) is 0 Å². The van der Waals surface area contributed by atoms with Gasteiger partial charge in [-0.2, -0.15) is 0 Å². The van der Waals surface area contributed by atoms with Gasteiger partial charge < -0.3 is 15.0 Å². The SMILES string of the molecule is COC(=O)CCCCCNC(=O)Cc1cc(=O)[nH]c(=O)[nH]1. The molecular weight excluding hydrogens is 278 g/mol. The molecule has 8 nitrogen and oxygen atoms in total. The van der Waals surface area contributed by atoms with Crippen LogP contribution in [-0.4, -0.2) is 35.5 Å². The van der Waals surface area contributed by atoms with E-state index in [1.165, 1.54) is 13.2 Å². The molecule has 0 fully saturated rings. The van der Waals surface area contributed by atoms with E-state index in [-0.39, 0.29) is 24.0 Å². The minimum absolute atomic E-state index is 0.0542. The second kappa shape index (κ2) is 8.72. The number of H-pyrrole nitrogens is 2. The zero-order valence-electron chi connectivity index (χ0n) is 11.9. The van der Waals surface area contributed by atoms with Gasteiger partial charge in [0.15, 0.2) is 0 Å². The normalized spacial score (nSPS) is 10.1. The molecule has 3 N–H and O–H groups in total. The highest BCUT2D eigenvalue weighted by atomic mass is 16.5. The minimum atomic E-state index is -0.631. The van der Waals surface area contributed by atoms with Crippen molar-refractivity contribution < 1.29 is 14.3 Å². The summed E-state index contributed by atoms with van der Waals surface area (Å²) in [6.07, 6.45) is 2.58. The molecule has 1 amide bonds. The summed E-state index contributed by atoms with van der Waals surface area (Å²) in [5.74, 6) is -0.512. The molecule has 1 heterocycles. The molecule has 1 aromatic rings. The number of hydrogen-bond donors (Lipinski definition) is 3. The van der Waals surface area contributed by atoms with E-state index in [0.717, 1.165) is 12.8 Å². The number of ether oxygens (including phenoxy) is 1. The van der Waals surface area contributed by atoms with Gasteiger partial charge in [-0.3, -0.25) is 19.4 Å². The van der Waals surface area contributed by atoms with Crippen molar-refractivity contribution in [3.63, 3.8) is 0 Å². The number of hydrogen-bond acceptors (Lipinski definition) is 5. The van der Waals surface area contributed by atoms with E-state index in [2.05, 4.69) is 15.0 Å². The first kappa shape index (κ1) is 16.7. The zero-order chi connectivity index (χ0) is 15.7. The topological polar surface area (TPSA) is 121 Å². The van der Waals surface area contributed by atoms with Crippen LogP contribution in [0.2, 0.25) is 0 Å². The predicted molar refractivity (Wildman–Crippen MR) is 74.9 cm³/mol. The third-order valence-electron chi connectivity index (χ3n) is 2.77. The van der Waals surface area contributed by atoms with Crippen LogP contribution in [0, 0.1) is 0 Å². The number of aromatic amines is 2. The molecule has 0 bridgehead atoms. The number of esters is 1. The van der Waals surface area contributed by atoms with Gasteiger partial charge in [0, 0.05) is 24.7 Å². The van der Waals surface area contributed by atoms with Crippen molar-refractivity contribution in [2.45, 2.75) is 32.1 Å². The Morgan fingerprint density at radius 1 is 1.19 bits per heavy atom. The smallest absolute Gasteiger partial charge is 0.325 e. The van der Waals surface area contributed by atoms with Crippen molar-refractivity contribution >= 4 is 11.9 Å². The van der Waals surface area contributed by atoms with Crippen molar-refractivity contribution in [2.75, 3.05) is 13.7 Å². The van der Waals surface area contributed by atoms with Crippen molar-refractivity contribution in [1.29, 1.82) is 0 Å². The van der Waals surface area contributed by atoms with Crippen LogP contribution < -0.4 is 16.6 Å². The number of rotatable bonds is 8. The number of amides is 1. The summed E-state index contributed by atoms with van der Waals surface area (Å²) in [4.78, 5) is 49.0. The van der Waals surface area contributed by atoms with Gasteiger partial charge >= 0.3 is 11.7 Å². The molecule has 1 aromatic heterocycles. The standard InChI is InChI=1S/C13H19N3O5/c1-21-12(19)5-3-2-4-6-14-10(17)7-9-8-11(18)16-13(20)15-9/h8H,2-7H2,1H3,(H,14,17)(H2,15,16,18,20). The van der Waals surface area contributed by atoms with Crippen molar-refractivity contribution in [3.8, 4) is 0 Å². The molecule has 21 heavy (non-hydrogen) atoms. The summed E-state index contributed by atoms with van der Waals surface area (Å²) in [5.41, 5.74) is -0.899. The Morgan fingerprint density at radius 3 is 2.62 bits per heavy atom. The van der Waals surface area contributed by atoms with Gasteiger partial charge in [0.05, 0.1) is 13.5 Å². The van der Waals surface area contributed by atoms with E-state index < -0.39 is 11.2 Å². The van der Waals surface area contributed by atoms with Gasteiger partial charge in [0.25, 0.3) is 5.56 Å². The highest BCUT2D eigenvalue weighted by Crippen LogP contribution is 2.00. The lowest BCUT2D eigenvalue weighted by Crippen LogP contribution is -2.29. The molecular formula is C13H19N3O5. The van der Waals surface area contributed by atoms with Gasteiger partial charge in [-0.05, 0) is 12.8 Å². The second-order valence-corrected chi connectivity index (χ2v) is 4.53. The Morgan fingerprint density at radius 2 is 1.95 bits per heavy atom. The Hall–Kier alpha value is -2.38. The van der Waals surface area contributed by atoms with E-state index in [9.17, 15) is 19.2 Å². The van der Waals surface area contributed by atoms with Crippen LogP contribution in [0.25, 0.3) is 0 Å². The Labute approximate surface area is 120 Å². The lowest BCUT2D eigenvalue weighted by Gasteiger charge is -2.05. The lowest BCUT2D eigenvalue weighted by molar-refractivity contribution is -0.140. The monoisotopic (exact) mass is 297 g/mol. The van der Waals surface area contributed by atoms with Gasteiger partial charge in [0.1, 0.15) is 0 Å². The first-order valence-electron chi connectivity index (χ1n) is 6.67. The first-order chi connectivity index (χ1) is 10.0. The number of methoxy groups -OCH3 is 1. The summed E-state index contributed by atoms with van der Waals surface area (Å²) in [6.45, 7) is 0.480. The van der Waals surface area contributed by atoms with Crippen molar-refractivity contribution in [1.82, 2.24) is 15.3 Å². The van der Waals surface area contributed by atoms with Crippen LogP contribution in [0.5, 0.6) is 0 Å². The van der Waals surface area contributed by atoms with E-state index in [1.54, 1.807) is 0 Å². The molecule has 1 rings (SSSR count). The van der Waals surface area contributed by atoms with Crippen LogP contribution >= 0.6 is 0 Å². The molecule has 0 aliphatic heterocycles. The summed E-state index contributed by atoms with van der Waals surface area (Å²) >= 11 is 0. The number of unbranched alkanes of at least 4 members (excludes halogenated alkanes) is 2. The minimum Gasteiger partial charge on any atom is -0.469 e. The molecule has 0 aliphatic carbocycles. The van der Waals surface area contributed by atoms with E-state index in [0.29, 0.717) is 19.4 Å². The average molecular weight is 297 g/mol. The largest absolute Gasteiger partial charge is 0.469 e.